The van der Waals surface area contributed by atoms with Gasteiger partial charge in [0.1, 0.15) is 12.4 Å². The minimum Gasteiger partial charge on any atom is -0.453 e. The average molecular weight is 369 g/mol. The third-order valence-corrected chi connectivity index (χ3v) is 4.54. The molecule has 2 aromatic carbocycles. The number of fused-ring (bicyclic) bond motifs is 1. The number of nitrogens with one attached hydrogen (secondary N) is 1. The molecule has 0 aliphatic heterocycles. The second-order valence-electron chi connectivity index (χ2n) is 6.53. The maximum absolute atomic E-state index is 13.1. The Hall–Kier alpha value is -3.02. The summed E-state index contributed by atoms with van der Waals surface area (Å²) < 4.78 is 18.2. The first-order valence-corrected chi connectivity index (χ1v) is 8.83. The fraction of sp³-hybridized carbons (Fsp3) is 0.286. The molecule has 1 aliphatic carbocycles. The Bertz CT molecular complexity index is 894. The summed E-state index contributed by atoms with van der Waals surface area (Å²) >= 11 is 0. The molecule has 3 rings (SSSR count). The van der Waals surface area contributed by atoms with Gasteiger partial charge in [-0.05, 0) is 61.6 Å². The van der Waals surface area contributed by atoms with Crippen molar-refractivity contribution in [2.24, 2.45) is 0 Å². The Balaban J connectivity index is 1.52. The summed E-state index contributed by atoms with van der Waals surface area (Å²) in [4.78, 5) is 36.3. The number of hydrogen-bond acceptors (Lipinski definition) is 4. The highest BCUT2D eigenvalue weighted by atomic mass is 19.1. The van der Waals surface area contributed by atoms with Gasteiger partial charge >= 0.3 is 5.97 Å². The lowest BCUT2D eigenvalue weighted by Gasteiger charge is -2.13. The molecular formula is C21H20FNO4. The van der Waals surface area contributed by atoms with Crippen LogP contribution in [0.3, 0.4) is 0 Å². The molecule has 27 heavy (non-hydrogen) atoms. The average Bonchev–Trinajstić information content (AvgIpc) is 3.13. The first-order valence-electron chi connectivity index (χ1n) is 8.83. The number of ketones is 1. The minimum atomic E-state index is -0.956. The summed E-state index contributed by atoms with van der Waals surface area (Å²) in [7, 11) is 0. The molecule has 0 saturated carbocycles. The molecule has 2 aromatic rings. The van der Waals surface area contributed by atoms with Crippen LogP contribution in [-0.2, 0) is 22.4 Å². The van der Waals surface area contributed by atoms with E-state index in [9.17, 15) is 18.8 Å². The van der Waals surface area contributed by atoms with E-state index in [1.165, 1.54) is 36.2 Å². The van der Waals surface area contributed by atoms with Crippen LogP contribution in [0.4, 0.5) is 4.39 Å². The lowest BCUT2D eigenvalue weighted by Crippen LogP contribution is -2.34. The number of halogens is 1. The van der Waals surface area contributed by atoms with Gasteiger partial charge in [-0.2, -0.15) is 0 Å². The van der Waals surface area contributed by atoms with Crippen molar-refractivity contribution < 1.29 is 23.5 Å². The van der Waals surface area contributed by atoms with E-state index in [2.05, 4.69) is 5.32 Å². The third kappa shape index (κ3) is 4.58. The number of esters is 1. The van der Waals surface area contributed by atoms with Gasteiger partial charge < -0.3 is 10.1 Å². The number of rotatable bonds is 6. The van der Waals surface area contributed by atoms with Crippen molar-refractivity contribution in [2.45, 2.75) is 32.3 Å². The smallest absolute Gasteiger partial charge is 0.326 e. The third-order valence-electron chi connectivity index (χ3n) is 4.54. The van der Waals surface area contributed by atoms with Gasteiger partial charge in [-0.25, -0.2) is 4.39 Å². The Morgan fingerprint density at radius 2 is 1.85 bits per heavy atom. The molecule has 1 atom stereocenters. The minimum absolute atomic E-state index is 0.102. The van der Waals surface area contributed by atoms with E-state index in [1.807, 2.05) is 12.1 Å². The molecule has 0 unspecified atom stereocenters. The van der Waals surface area contributed by atoms with Crippen LogP contribution in [0.5, 0.6) is 0 Å². The van der Waals surface area contributed by atoms with E-state index in [0.29, 0.717) is 5.56 Å². The quantitative estimate of drug-likeness (QED) is 0.628. The van der Waals surface area contributed by atoms with Crippen LogP contribution in [0.1, 0.15) is 45.2 Å². The number of aryl methyl sites for hydroxylation is 2. The molecule has 1 aliphatic rings. The van der Waals surface area contributed by atoms with Crippen molar-refractivity contribution in [1.29, 1.82) is 0 Å². The maximum atomic E-state index is 13.1. The standard InChI is InChI=1S/C21H20FNO4/c1-13(20(25)16-9-8-14-4-2-5-15(14)10-16)27-19(24)12-23-21(26)17-6-3-7-18(22)11-17/h3,6-11,13H,2,4-5,12H2,1H3,(H,23,26)/t13-/m0/s1. The number of Topliss-reactive ketones (excluding diaryl/α,β-unsaturated/α-hetero) is 1. The summed E-state index contributed by atoms with van der Waals surface area (Å²) in [6.07, 6.45) is 2.11. The van der Waals surface area contributed by atoms with Gasteiger partial charge in [-0.3, -0.25) is 14.4 Å². The zero-order chi connectivity index (χ0) is 19.4. The fourth-order valence-electron chi connectivity index (χ4n) is 3.14. The number of carbonyl (C=O) groups excluding carboxylic acids is 3. The topological polar surface area (TPSA) is 72.5 Å². The van der Waals surface area contributed by atoms with E-state index in [0.717, 1.165) is 25.3 Å². The normalized spacial score (nSPS) is 13.6. The monoisotopic (exact) mass is 369 g/mol. The van der Waals surface area contributed by atoms with Gasteiger partial charge in [0.25, 0.3) is 5.91 Å². The highest BCUT2D eigenvalue weighted by molar-refractivity contribution is 6.01. The summed E-state index contributed by atoms with van der Waals surface area (Å²) in [6, 6.07) is 10.7. The van der Waals surface area contributed by atoms with Gasteiger partial charge in [0.05, 0.1) is 0 Å². The molecule has 0 aromatic heterocycles. The summed E-state index contributed by atoms with van der Waals surface area (Å²) in [5.41, 5.74) is 3.04. The molecule has 0 saturated heterocycles. The number of ether oxygens (including phenoxy) is 1. The zero-order valence-electron chi connectivity index (χ0n) is 15.0. The number of carbonyl (C=O) groups is 3. The van der Waals surface area contributed by atoms with E-state index in [1.54, 1.807) is 6.07 Å². The lowest BCUT2D eigenvalue weighted by molar-refractivity contribution is -0.145. The predicted octanol–water partition coefficient (Wildman–Crippen LogP) is 2.86. The Morgan fingerprint density at radius 1 is 1.07 bits per heavy atom. The van der Waals surface area contributed by atoms with E-state index < -0.39 is 30.3 Å². The van der Waals surface area contributed by atoms with Crippen LogP contribution >= 0.6 is 0 Å². The van der Waals surface area contributed by atoms with E-state index >= 15 is 0 Å². The molecule has 0 heterocycles. The fourth-order valence-corrected chi connectivity index (χ4v) is 3.14. The highest BCUT2D eigenvalue weighted by Crippen LogP contribution is 2.23. The van der Waals surface area contributed by atoms with Crippen LogP contribution in [-0.4, -0.2) is 30.3 Å². The van der Waals surface area contributed by atoms with Gasteiger partial charge in [0.15, 0.2) is 6.10 Å². The largest absolute Gasteiger partial charge is 0.453 e. The zero-order valence-corrected chi connectivity index (χ0v) is 15.0. The Labute approximate surface area is 156 Å². The van der Waals surface area contributed by atoms with E-state index in [-0.39, 0.29) is 11.3 Å². The van der Waals surface area contributed by atoms with Gasteiger partial charge in [0.2, 0.25) is 5.78 Å². The predicted molar refractivity (Wildman–Crippen MR) is 97.1 cm³/mol. The molecule has 0 spiro atoms. The van der Waals surface area contributed by atoms with Crippen LogP contribution in [0, 0.1) is 5.82 Å². The first kappa shape index (κ1) is 18.8. The molecule has 0 bridgehead atoms. The SMILES string of the molecule is C[C@H](OC(=O)CNC(=O)c1cccc(F)c1)C(=O)c1ccc2c(c1)CCC2. The molecule has 1 N–H and O–H groups in total. The number of hydrogen-bond donors (Lipinski definition) is 1. The van der Waals surface area contributed by atoms with Crippen molar-refractivity contribution in [3.05, 3.63) is 70.5 Å². The Morgan fingerprint density at radius 3 is 2.63 bits per heavy atom. The molecule has 6 heteroatoms. The molecule has 1 amide bonds. The van der Waals surface area contributed by atoms with Crippen molar-refractivity contribution in [2.75, 3.05) is 6.54 Å². The van der Waals surface area contributed by atoms with Gasteiger partial charge in [-0.15, -0.1) is 0 Å². The maximum Gasteiger partial charge on any atom is 0.326 e. The molecule has 0 radical (unpaired) electrons. The first-order chi connectivity index (χ1) is 12.9. The van der Waals surface area contributed by atoms with Gasteiger partial charge in [-0.1, -0.05) is 18.2 Å². The Kier molecular flexibility index (Phi) is 5.64. The van der Waals surface area contributed by atoms with Gasteiger partial charge in [0, 0.05) is 11.1 Å². The van der Waals surface area contributed by atoms with Crippen molar-refractivity contribution in [3.8, 4) is 0 Å². The molecular weight excluding hydrogens is 349 g/mol. The van der Waals surface area contributed by atoms with Crippen molar-refractivity contribution in [3.63, 3.8) is 0 Å². The lowest BCUT2D eigenvalue weighted by atomic mass is 10.0. The van der Waals surface area contributed by atoms with Crippen LogP contribution in [0.25, 0.3) is 0 Å². The van der Waals surface area contributed by atoms with Crippen molar-refractivity contribution >= 4 is 17.7 Å². The summed E-state index contributed by atoms with van der Waals surface area (Å²) in [5, 5.41) is 2.35. The highest BCUT2D eigenvalue weighted by Gasteiger charge is 2.22. The second kappa shape index (κ2) is 8.12. The molecule has 0 fully saturated rings. The molecule has 140 valence electrons. The van der Waals surface area contributed by atoms with Crippen molar-refractivity contribution in [1.82, 2.24) is 5.32 Å². The summed E-state index contributed by atoms with van der Waals surface area (Å²) in [5.74, 6) is -2.15. The molecule has 5 nitrogen and oxygen atoms in total. The van der Waals surface area contributed by atoms with Crippen LogP contribution < -0.4 is 5.32 Å². The number of benzene rings is 2. The number of amides is 1. The second-order valence-corrected chi connectivity index (χ2v) is 6.53. The summed E-state index contributed by atoms with van der Waals surface area (Å²) in [6.45, 7) is 1.10. The van der Waals surface area contributed by atoms with Crippen LogP contribution in [0.2, 0.25) is 0 Å². The van der Waals surface area contributed by atoms with E-state index in [4.69, 9.17) is 4.74 Å². The van der Waals surface area contributed by atoms with Crippen LogP contribution in [0.15, 0.2) is 42.5 Å².